The van der Waals surface area contributed by atoms with E-state index in [0.29, 0.717) is 24.3 Å². The monoisotopic (exact) mass is 573 g/mol. The van der Waals surface area contributed by atoms with Gasteiger partial charge in [-0.1, -0.05) is 60.6 Å². The van der Waals surface area contributed by atoms with E-state index >= 15 is 0 Å². The van der Waals surface area contributed by atoms with Gasteiger partial charge >= 0.3 is 6.09 Å². The first-order chi connectivity index (χ1) is 20.4. The van der Waals surface area contributed by atoms with E-state index in [4.69, 9.17) is 14.0 Å². The molecule has 2 aliphatic heterocycles. The molecule has 3 heterocycles. The van der Waals surface area contributed by atoms with Gasteiger partial charge in [-0.25, -0.2) is 4.79 Å². The topological polar surface area (TPSA) is 151 Å². The van der Waals surface area contributed by atoms with Crippen LogP contribution in [0, 0.1) is 5.92 Å². The molecule has 0 spiro atoms. The van der Waals surface area contributed by atoms with Crippen LogP contribution in [0.1, 0.15) is 60.2 Å². The molecule has 2 aromatic carbocycles. The molecule has 1 aromatic heterocycles. The third-order valence-corrected chi connectivity index (χ3v) is 7.99. The van der Waals surface area contributed by atoms with Crippen LogP contribution in [-0.2, 0) is 21.7 Å². The Bertz CT molecular complexity index is 1530. The predicted molar refractivity (Wildman–Crippen MR) is 152 cm³/mol. The molecule has 6 rings (SSSR count). The molecule has 0 radical (unpaired) electrons. The molecule has 3 aliphatic rings. The number of aromatic nitrogens is 2. The summed E-state index contributed by atoms with van der Waals surface area (Å²) in [5.41, 5.74) is -0.0173. The number of alkyl carbamates (subject to hydrolysis) is 1. The fourth-order valence-electron chi connectivity index (χ4n) is 5.59. The van der Waals surface area contributed by atoms with Crippen molar-refractivity contribution in [1.82, 2.24) is 26.1 Å². The molecule has 0 unspecified atom stereocenters. The van der Waals surface area contributed by atoms with E-state index < -0.39 is 17.6 Å². The standard InChI is InChI=1S/C31H35N5O6/c1-2-15-40-29(38)35-30(13-11-21-12-14-32-19-21)31(39,42-30)28-34-26(41-36-28)16-20-7-9-22(10-8-20)27(37)33-25-17-23-5-3-4-6-24(23)18-25/h3-10,17-18,21,25,32,39H,2,11-16,19H2,1H3,(H,33,37)(H,35,38)/t21-,30+,31+/m1/s1. The molecular weight excluding hydrogens is 538 g/mol. The molecule has 4 N–H and O–H groups in total. The van der Waals surface area contributed by atoms with E-state index in [1.165, 1.54) is 0 Å². The number of nitrogens with one attached hydrogen (secondary N) is 3. The van der Waals surface area contributed by atoms with E-state index in [2.05, 4.69) is 26.1 Å². The lowest BCUT2D eigenvalue weighted by Gasteiger charge is -2.18. The van der Waals surface area contributed by atoms with Crippen molar-refractivity contribution < 1.29 is 28.7 Å². The minimum Gasteiger partial charge on any atom is -0.450 e. The van der Waals surface area contributed by atoms with Crippen molar-refractivity contribution in [3.63, 3.8) is 0 Å². The van der Waals surface area contributed by atoms with Gasteiger partial charge in [-0.15, -0.1) is 0 Å². The quantitative estimate of drug-likeness (QED) is 0.250. The van der Waals surface area contributed by atoms with Gasteiger partial charge in [0.2, 0.25) is 17.4 Å². The van der Waals surface area contributed by atoms with Gasteiger partial charge in [0.05, 0.1) is 19.1 Å². The summed E-state index contributed by atoms with van der Waals surface area (Å²) in [5, 5.41) is 26.6. The summed E-state index contributed by atoms with van der Waals surface area (Å²) in [7, 11) is 0. The van der Waals surface area contributed by atoms with Gasteiger partial charge in [0.15, 0.2) is 0 Å². The minimum atomic E-state index is -1.93. The number of hydrogen-bond donors (Lipinski definition) is 4. The maximum absolute atomic E-state index is 12.8. The second kappa shape index (κ2) is 11.7. The molecule has 11 heteroatoms. The number of nitrogens with zero attached hydrogens (tertiary/aromatic N) is 2. The van der Waals surface area contributed by atoms with E-state index in [1.807, 2.05) is 55.5 Å². The lowest BCUT2D eigenvalue weighted by molar-refractivity contribution is 0.0221. The molecule has 3 atom stereocenters. The van der Waals surface area contributed by atoms with Crippen LogP contribution >= 0.6 is 0 Å². The molecule has 1 aliphatic carbocycles. The minimum absolute atomic E-state index is 0.0566. The lowest BCUT2D eigenvalue weighted by Crippen LogP contribution is -2.44. The Labute approximate surface area is 243 Å². The van der Waals surface area contributed by atoms with Crippen LogP contribution in [0.5, 0.6) is 0 Å². The predicted octanol–water partition coefficient (Wildman–Crippen LogP) is 1.43. The SMILES string of the molecule is CCCOC(=O)N[C@@]1(CC[C@@H]2CCNC2)O[C@@]1(O)c1noc(Cc2ccc(C(=O)NC3C=c4ccccc4=C3)cc2)n1. The number of epoxide rings is 1. The van der Waals surface area contributed by atoms with E-state index in [9.17, 15) is 14.7 Å². The van der Waals surface area contributed by atoms with Gasteiger partial charge in [0.1, 0.15) is 0 Å². The Hall–Kier alpha value is -4.06. The highest BCUT2D eigenvalue weighted by Gasteiger charge is 2.75. The molecule has 3 aromatic rings. The number of aliphatic hydroxyl groups is 1. The molecule has 220 valence electrons. The van der Waals surface area contributed by atoms with Gasteiger partial charge in [-0.2, -0.15) is 4.98 Å². The van der Waals surface area contributed by atoms with Crippen LogP contribution in [0.4, 0.5) is 4.79 Å². The van der Waals surface area contributed by atoms with Crippen LogP contribution in [0.3, 0.4) is 0 Å². The average Bonchev–Trinajstić information content (AvgIpc) is 3.55. The van der Waals surface area contributed by atoms with E-state index in [0.717, 1.165) is 41.9 Å². The summed E-state index contributed by atoms with van der Waals surface area (Å²) in [5.74, 6) is -1.47. The van der Waals surface area contributed by atoms with Gasteiger partial charge in [0.25, 0.3) is 11.7 Å². The summed E-state index contributed by atoms with van der Waals surface area (Å²) >= 11 is 0. The molecule has 0 saturated carbocycles. The van der Waals surface area contributed by atoms with Crippen LogP contribution < -0.4 is 26.4 Å². The smallest absolute Gasteiger partial charge is 0.409 e. The van der Waals surface area contributed by atoms with Crippen molar-refractivity contribution in [3.8, 4) is 0 Å². The number of hydrogen-bond acceptors (Lipinski definition) is 9. The zero-order valence-electron chi connectivity index (χ0n) is 23.5. The number of carbonyl (C=O) groups excluding carboxylic acids is 2. The van der Waals surface area contributed by atoms with Gasteiger partial charge in [-0.3, -0.25) is 10.1 Å². The third-order valence-electron chi connectivity index (χ3n) is 7.99. The maximum Gasteiger partial charge on any atom is 0.409 e. The van der Waals surface area contributed by atoms with Gasteiger partial charge < -0.3 is 29.7 Å². The highest BCUT2D eigenvalue weighted by molar-refractivity contribution is 5.95. The van der Waals surface area contributed by atoms with Crippen molar-refractivity contribution in [1.29, 1.82) is 0 Å². The molecule has 11 nitrogen and oxygen atoms in total. The summed E-state index contributed by atoms with van der Waals surface area (Å²) in [6, 6.07) is 15.0. The summed E-state index contributed by atoms with van der Waals surface area (Å²) in [4.78, 5) is 29.6. The van der Waals surface area contributed by atoms with Crippen molar-refractivity contribution in [2.45, 2.75) is 56.6 Å². The van der Waals surface area contributed by atoms with Crippen LogP contribution in [0.15, 0.2) is 53.1 Å². The number of fused-ring (bicyclic) bond motifs is 1. The van der Waals surface area contributed by atoms with Crippen molar-refractivity contribution in [3.05, 3.63) is 81.8 Å². The Morgan fingerprint density at radius 2 is 1.90 bits per heavy atom. The van der Waals surface area contributed by atoms with Crippen molar-refractivity contribution in [2.75, 3.05) is 19.7 Å². The van der Waals surface area contributed by atoms with Gasteiger partial charge in [0, 0.05) is 12.0 Å². The fraction of sp³-hybridized carbons (Fsp3) is 0.419. The Kier molecular flexibility index (Phi) is 7.80. The first kappa shape index (κ1) is 28.1. The second-order valence-corrected chi connectivity index (χ2v) is 11.1. The van der Waals surface area contributed by atoms with E-state index in [1.54, 1.807) is 12.1 Å². The number of benzene rings is 2. The fourth-order valence-corrected chi connectivity index (χ4v) is 5.59. The number of ether oxygens (including phenoxy) is 2. The normalized spacial score (nSPS) is 24.4. The van der Waals surface area contributed by atoms with Crippen molar-refractivity contribution in [2.24, 2.45) is 5.92 Å². The molecule has 42 heavy (non-hydrogen) atoms. The van der Waals surface area contributed by atoms with E-state index in [-0.39, 0.29) is 36.7 Å². The van der Waals surface area contributed by atoms with Gasteiger partial charge in [-0.05, 0) is 66.4 Å². The third kappa shape index (κ3) is 5.80. The molecular formula is C31H35N5O6. The maximum atomic E-state index is 12.8. The zero-order valence-corrected chi connectivity index (χ0v) is 23.5. The number of amides is 2. The first-order valence-corrected chi connectivity index (χ1v) is 14.5. The molecule has 0 bridgehead atoms. The lowest BCUT2D eigenvalue weighted by atomic mass is 9.96. The highest BCUT2D eigenvalue weighted by atomic mass is 16.8. The number of rotatable bonds is 11. The average molecular weight is 574 g/mol. The second-order valence-electron chi connectivity index (χ2n) is 11.1. The molecule has 2 fully saturated rings. The Balaban J connectivity index is 1.09. The number of carbonyl (C=O) groups is 2. The summed E-state index contributed by atoms with van der Waals surface area (Å²) in [6.07, 6.45) is 6.46. The largest absolute Gasteiger partial charge is 0.450 e. The molecule has 2 amide bonds. The zero-order chi connectivity index (χ0) is 29.2. The summed E-state index contributed by atoms with van der Waals surface area (Å²) < 4.78 is 16.4. The van der Waals surface area contributed by atoms with Crippen LogP contribution in [0.2, 0.25) is 0 Å². The molecule has 2 saturated heterocycles. The van der Waals surface area contributed by atoms with Crippen LogP contribution in [-0.4, -0.2) is 58.7 Å². The highest BCUT2D eigenvalue weighted by Crippen LogP contribution is 2.54. The van der Waals surface area contributed by atoms with Crippen molar-refractivity contribution >= 4 is 24.2 Å². The Morgan fingerprint density at radius 1 is 1.14 bits per heavy atom. The Morgan fingerprint density at radius 3 is 2.60 bits per heavy atom. The van der Waals surface area contributed by atoms with Crippen LogP contribution in [0.25, 0.3) is 12.2 Å². The first-order valence-electron chi connectivity index (χ1n) is 14.5. The summed E-state index contributed by atoms with van der Waals surface area (Å²) in [6.45, 7) is 3.98.